The van der Waals surface area contributed by atoms with Crippen molar-refractivity contribution in [1.82, 2.24) is 0 Å². The maximum atomic E-state index is 11.0. The third-order valence-electron chi connectivity index (χ3n) is 3.90. The zero-order chi connectivity index (χ0) is 15.5. The van der Waals surface area contributed by atoms with Crippen LogP contribution in [-0.4, -0.2) is 25.5 Å². The molecule has 0 amide bonds. The van der Waals surface area contributed by atoms with Crippen molar-refractivity contribution in [3.63, 3.8) is 0 Å². The van der Waals surface area contributed by atoms with Gasteiger partial charge in [-0.3, -0.25) is 4.79 Å². The number of carbonyl (C=O) groups is 1. The third-order valence-corrected chi connectivity index (χ3v) is 8.47. The van der Waals surface area contributed by atoms with Crippen LogP contribution in [0.1, 0.15) is 48.0 Å². The SMILES string of the molecule is C[C@H](C=CCC(C)(C)C(=O)O)O[Si](C)(C)C(C)(C)C. The Morgan fingerprint density at radius 1 is 1.26 bits per heavy atom. The molecular weight excluding hydrogens is 256 g/mol. The molecule has 0 aromatic carbocycles. The summed E-state index contributed by atoms with van der Waals surface area (Å²) in [6, 6.07) is 0. The summed E-state index contributed by atoms with van der Waals surface area (Å²) in [7, 11) is -1.75. The minimum absolute atomic E-state index is 0.0329. The molecule has 4 heteroatoms. The third kappa shape index (κ3) is 5.91. The van der Waals surface area contributed by atoms with E-state index in [1.807, 2.05) is 19.1 Å². The van der Waals surface area contributed by atoms with Gasteiger partial charge in [0.2, 0.25) is 0 Å². The summed E-state index contributed by atoms with van der Waals surface area (Å²) in [4.78, 5) is 11.0. The fourth-order valence-electron chi connectivity index (χ4n) is 1.32. The number of carboxylic acid groups (broad SMARTS) is 1. The van der Waals surface area contributed by atoms with Crippen molar-refractivity contribution in [3.8, 4) is 0 Å². The maximum Gasteiger partial charge on any atom is 0.309 e. The second-order valence-electron chi connectivity index (χ2n) is 7.40. The fourth-order valence-corrected chi connectivity index (χ4v) is 2.68. The molecule has 0 saturated heterocycles. The van der Waals surface area contributed by atoms with E-state index in [-0.39, 0.29) is 11.1 Å². The van der Waals surface area contributed by atoms with E-state index in [9.17, 15) is 4.79 Å². The summed E-state index contributed by atoms with van der Waals surface area (Å²) in [5.74, 6) is -0.768. The Hall–Kier alpha value is -0.613. The van der Waals surface area contributed by atoms with E-state index in [2.05, 4.69) is 33.9 Å². The smallest absolute Gasteiger partial charge is 0.309 e. The molecule has 0 bridgehead atoms. The van der Waals surface area contributed by atoms with Gasteiger partial charge in [-0.05, 0) is 45.3 Å². The summed E-state index contributed by atoms with van der Waals surface area (Å²) < 4.78 is 6.18. The number of aliphatic carboxylic acids is 1. The van der Waals surface area contributed by atoms with Crippen molar-refractivity contribution < 1.29 is 14.3 Å². The highest BCUT2D eigenvalue weighted by Gasteiger charge is 2.38. The van der Waals surface area contributed by atoms with Crippen LogP contribution in [0.3, 0.4) is 0 Å². The lowest BCUT2D eigenvalue weighted by Gasteiger charge is -2.37. The second-order valence-corrected chi connectivity index (χ2v) is 12.2. The average Bonchev–Trinajstić information content (AvgIpc) is 2.13. The lowest BCUT2D eigenvalue weighted by Crippen LogP contribution is -2.42. The molecule has 3 nitrogen and oxygen atoms in total. The molecule has 0 fully saturated rings. The van der Waals surface area contributed by atoms with Crippen LogP contribution >= 0.6 is 0 Å². The van der Waals surface area contributed by atoms with Crippen LogP contribution < -0.4 is 0 Å². The first kappa shape index (κ1) is 18.4. The van der Waals surface area contributed by atoms with Gasteiger partial charge in [0.1, 0.15) is 0 Å². The molecule has 0 aromatic rings. The summed E-state index contributed by atoms with van der Waals surface area (Å²) in [5.41, 5.74) is -0.715. The summed E-state index contributed by atoms with van der Waals surface area (Å²) in [5, 5.41) is 9.23. The first-order valence-corrected chi connectivity index (χ1v) is 9.78. The molecule has 0 aliphatic rings. The van der Waals surface area contributed by atoms with Gasteiger partial charge in [0, 0.05) is 0 Å². The molecular formula is C15H30O3Si. The van der Waals surface area contributed by atoms with Gasteiger partial charge in [-0.1, -0.05) is 32.9 Å². The van der Waals surface area contributed by atoms with Crippen LogP contribution in [0.25, 0.3) is 0 Å². The molecule has 1 atom stereocenters. The van der Waals surface area contributed by atoms with Crippen molar-refractivity contribution in [2.75, 3.05) is 0 Å². The molecule has 0 radical (unpaired) electrons. The Kier molecular flexibility index (Phi) is 6.02. The van der Waals surface area contributed by atoms with Crippen LogP contribution in [0.4, 0.5) is 0 Å². The molecule has 0 saturated carbocycles. The van der Waals surface area contributed by atoms with E-state index in [4.69, 9.17) is 9.53 Å². The normalized spacial score (nSPS) is 15.8. The van der Waals surface area contributed by atoms with Crippen LogP contribution in [0.15, 0.2) is 12.2 Å². The van der Waals surface area contributed by atoms with Gasteiger partial charge in [0.15, 0.2) is 8.32 Å². The standard InChI is InChI=1S/C15H30O3Si/c1-12(18-19(7,8)14(2,3)4)10-9-11-15(5,6)13(16)17/h9-10,12H,11H2,1-8H3,(H,16,17)/t12-/m1/s1. The molecule has 0 aromatic heterocycles. The Balaban J connectivity index is 4.49. The molecule has 1 N–H and O–H groups in total. The molecule has 0 spiro atoms. The molecule has 19 heavy (non-hydrogen) atoms. The van der Waals surface area contributed by atoms with E-state index in [0.717, 1.165) is 0 Å². The Labute approximate surface area is 119 Å². The predicted octanol–water partition coefficient (Wildman–Crippen LogP) is 4.45. The van der Waals surface area contributed by atoms with Crippen LogP contribution in [-0.2, 0) is 9.22 Å². The fraction of sp³-hybridized carbons (Fsp3) is 0.800. The molecule has 0 aliphatic heterocycles. The highest BCUT2D eigenvalue weighted by molar-refractivity contribution is 6.74. The van der Waals surface area contributed by atoms with Gasteiger partial charge < -0.3 is 9.53 Å². The van der Waals surface area contributed by atoms with E-state index < -0.39 is 19.7 Å². The van der Waals surface area contributed by atoms with E-state index in [1.54, 1.807) is 13.8 Å². The van der Waals surface area contributed by atoms with Crippen molar-refractivity contribution in [2.24, 2.45) is 5.41 Å². The van der Waals surface area contributed by atoms with Crippen LogP contribution in [0.5, 0.6) is 0 Å². The minimum atomic E-state index is -1.75. The summed E-state index contributed by atoms with van der Waals surface area (Å²) in [6.45, 7) is 16.6. The average molecular weight is 286 g/mol. The first-order valence-electron chi connectivity index (χ1n) is 6.87. The lowest BCUT2D eigenvalue weighted by atomic mass is 9.89. The predicted molar refractivity (Wildman–Crippen MR) is 82.9 cm³/mol. The number of carboxylic acids is 1. The largest absolute Gasteiger partial charge is 0.481 e. The van der Waals surface area contributed by atoms with E-state index >= 15 is 0 Å². The van der Waals surface area contributed by atoms with Crippen molar-refractivity contribution in [3.05, 3.63) is 12.2 Å². The number of hydrogen-bond donors (Lipinski definition) is 1. The van der Waals surface area contributed by atoms with E-state index in [1.165, 1.54) is 0 Å². The Bertz CT molecular complexity index is 338. The highest BCUT2D eigenvalue weighted by atomic mass is 28.4. The van der Waals surface area contributed by atoms with Crippen LogP contribution in [0.2, 0.25) is 18.1 Å². The van der Waals surface area contributed by atoms with Crippen molar-refractivity contribution >= 4 is 14.3 Å². The van der Waals surface area contributed by atoms with Gasteiger partial charge in [0.25, 0.3) is 0 Å². The zero-order valence-corrected chi connectivity index (χ0v) is 14.7. The van der Waals surface area contributed by atoms with Gasteiger partial charge in [0.05, 0.1) is 11.5 Å². The maximum absolute atomic E-state index is 11.0. The van der Waals surface area contributed by atoms with Gasteiger partial charge in [-0.25, -0.2) is 0 Å². The summed E-state index contributed by atoms with van der Waals surface area (Å²) >= 11 is 0. The summed E-state index contributed by atoms with van der Waals surface area (Å²) in [6.07, 6.45) is 4.45. The van der Waals surface area contributed by atoms with Gasteiger partial charge in [-0.2, -0.15) is 0 Å². The Morgan fingerprint density at radius 2 is 1.74 bits per heavy atom. The monoisotopic (exact) mass is 286 g/mol. The number of allylic oxidation sites excluding steroid dienone is 1. The topological polar surface area (TPSA) is 46.5 Å². The Morgan fingerprint density at radius 3 is 2.11 bits per heavy atom. The molecule has 0 unspecified atom stereocenters. The quantitative estimate of drug-likeness (QED) is 0.579. The van der Waals surface area contributed by atoms with Crippen LogP contribution in [0, 0.1) is 5.41 Å². The first-order chi connectivity index (χ1) is 8.29. The number of rotatable bonds is 6. The second kappa shape index (κ2) is 6.22. The van der Waals surface area contributed by atoms with E-state index in [0.29, 0.717) is 6.42 Å². The van der Waals surface area contributed by atoms with Gasteiger partial charge in [-0.15, -0.1) is 0 Å². The van der Waals surface area contributed by atoms with Gasteiger partial charge >= 0.3 is 5.97 Å². The molecule has 112 valence electrons. The number of hydrogen-bond acceptors (Lipinski definition) is 2. The molecule has 0 heterocycles. The highest BCUT2D eigenvalue weighted by Crippen LogP contribution is 2.37. The minimum Gasteiger partial charge on any atom is -0.481 e. The lowest BCUT2D eigenvalue weighted by molar-refractivity contribution is -0.146. The van der Waals surface area contributed by atoms with Crippen molar-refractivity contribution in [2.45, 2.75) is 72.2 Å². The molecule has 0 rings (SSSR count). The zero-order valence-electron chi connectivity index (χ0n) is 13.7. The van der Waals surface area contributed by atoms with Crippen molar-refractivity contribution in [1.29, 1.82) is 0 Å². The molecule has 0 aliphatic carbocycles.